The van der Waals surface area contributed by atoms with E-state index in [0.717, 1.165) is 19.3 Å². The highest BCUT2D eigenvalue weighted by Gasteiger charge is 2.55. The molecule has 2 N–H and O–H groups in total. The predicted molar refractivity (Wildman–Crippen MR) is 71.5 cm³/mol. The van der Waals surface area contributed by atoms with Crippen LogP contribution >= 0.6 is 0 Å². The first kappa shape index (κ1) is 13.4. The van der Waals surface area contributed by atoms with Crippen LogP contribution in [-0.2, 0) is 4.79 Å². The van der Waals surface area contributed by atoms with Crippen LogP contribution in [0.5, 0.6) is 5.75 Å². The Kier molecular flexibility index (Phi) is 3.17. The quantitative estimate of drug-likeness (QED) is 0.890. The second-order valence-electron chi connectivity index (χ2n) is 5.83. The monoisotopic (exact) mass is 279 g/mol. The summed E-state index contributed by atoms with van der Waals surface area (Å²) in [5.41, 5.74) is -1.61. The molecule has 0 radical (unpaired) electrons. The number of halogens is 1. The lowest BCUT2D eigenvalue weighted by atomic mass is 9.86. The molecule has 108 valence electrons. The predicted octanol–water partition coefficient (Wildman–Crippen LogP) is 2.14. The molecule has 4 nitrogen and oxygen atoms in total. The zero-order chi connectivity index (χ0) is 14.3. The van der Waals surface area contributed by atoms with Crippen LogP contribution in [0.25, 0.3) is 0 Å². The number of likely N-dealkylation sites (tertiary alicyclic amines) is 1. The van der Waals surface area contributed by atoms with E-state index in [0.29, 0.717) is 18.2 Å². The maximum atomic E-state index is 15.0. The number of aliphatic carboxylic acids is 1. The van der Waals surface area contributed by atoms with Crippen molar-refractivity contribution in [1.82, 2.24) is 4.90 Å². The summed E-state index contributed by atoms with van der Waals surface area (Å²) >= 11 is 0. The fraction of sp³-hybridized carbons (Fsp3) is 0.533. The molecule has 1 aliphatic carbocycles. The molecule has 2 atom stereocenters. The Bertz CT molecular complexity index is 514. The summed E-state index contributed by atoms with van der Waals surface area (Å²) < 4.78 is 15.0. The molecule has 2 fully saturated rings. The largest absolute Gasteiger partial charge is 0.508 e. The van der Waals surface area contributed by atoms with Gasteiger partial charge in [-0.15, -0.1) is 0 Å². The molecule has 0 aromatic heterocycles. The molecule has 0 unspecified atom stereocenters. The summed E-state index contributed by atoms with van der Waals surface area (Å²) in [6, 6.07) is 6.50. The molecule has 1 heterocycles. The summed E-state index contributed by atoms with van der Waals surface area (Å²) in [4.78, 5) is 13.4. The minimum Gasteiger partial charge on any atom is -0.508 e. The van der Waals surface area contributed by atoms with Crippen LogP contribution in [0.15, 0.2) is 24.3 Å². The third-order valence-electron chi connectivity index (χ3n) is 4.64. The van der Waals surface area contributed by atoms with Crippen molar-refractivity contribution in [1.29, 1.82) is 0 Å². The smallest absolute Gasteiger partial charge is 0.343 e. The van der Waals surface area contributed by atoms with Crippen LogP contribution in [0.4, 0.5) is 4.39 Å². The van der Waals surface area contributed by atoms with Gasteiger partial charge in [-0.3, -0.25) is 4.90 Å². The number of hydrogen-bond acceptors (Lipinski definition) is 3. The third kappa shape index (κ3) is 2.06. The van der Waals surface area contributed by atoms with Gasteiger partial charge in [0.1, 0.15) is 5.75 Å². The molecule has 0 bridgehead atoms. The van der Waals surface area contributed by atoms with Gasteiger partial charge in [0.2, 0.25) is 5.67 Å². The second-order valence-corrected chi connectivity index (χ2v) is 5.83. The molecule has 5 heteroatoms. The highest BCUT2D eigenvalue weighted by atomic mass is 19.1. The highest BCUT2D eigenvalue weighted by Crippen LogP contribution is 2.43. The van der Waals surface area contributed by atoms with Gasteiger partial charge in [0.05, 0.1) is 0 Å². The first-order valence-electron chi connectivity index (χ1n) is 6.96. The molecule has 20 heavy (non-hydrogen) atoms. The number of carboxylic acids is 1. The maximum absolute atomic E-state index is 15.0. The van der Waals surface area contributed by atoms with Gasteiger partial charge in [-0.05, 0) is 30.5 Å². The zero-order valence-corrected chi connectivity index (χ0v) is 11.1. The Hall–Kier alpha value is -1.62. The fourth-order valence-corrected chi connectivity index (χ4v) is 3.17. The average Bonchev–Trinajstić information content (AvgIpc) is 2.67. The number of carbonyl (C=O) groups is 1. The first-order chi connectivity index (χ1) is 9.50. The molecular weight excluding hydrogens is 261 g/mol. The number of alkyl halides is 1. The summed E-state index contributed by atoms with van der Waals surface area (Å²) in [6.07, 6.45) is 3.19. The molecule has 1 aromatic carbocycles. The molecule has 1 saturated carbocycles. The van der Waals surface area contributed by atoms with E-state index in [9.17, 15) is 19.4 Å². The van der Waals surface area contributed by atoms with Crippen LogP contribution in [-0.4, -0.2) is 45.9 Å². The van der Waals surface area contributed by atoms with Gasteiger partial charge in [-0.25, -0.2) is 9.18 Å². The topological polar surface area (TPSA) is 60.8 Å². The van der Waals surface area contributed by atoms with E-state index < -0.39 is 17.6 Å². The second kappa shape index (κ2) is 4.74. The van der Waals surface area contributed by atoms with Gasteiger partial charge in [0.25, 0.3) is 0 Å². The number of hydrogen-bond donors (Lipinski definition) is 2. The van der Waals surface area contributed by atoms with Crippen LogP contribution in [0, 0.1) is 0 Å². The number of rotatable bonds is 3. The number of aromatic hydroxyl groups is 1. The SMILES string of the molecule is O=C(O)[C@]1(F)CN(C2CCC2)C[C@H]1c1ccc(O)cc1. The van der Waals surface area contributed by atoms with Crippen molar-refractivity contribution in [3.05, 3.63) is 29.8 Å². The molecule has 1 aromatic rings. The Morgan fingerprint density at radius 2 is 1.95 bits per heavy atom. The number of carboxylic acid groups (broad SMARTS) is 1. The van der Waals surface area contributed by atoms with Crippen molar-refractivity contribution < 1.29 is 19.4 Å². The lowest BCUT2D eigenvalue weighted by Crippen LogP contribution is -2.44. The van der Waals surface area contributed by atoms with Gasteiger partial charge in [0.15, 0.2) is 0 Å². The van der Waals surface area contributed by atoms with E-state index in [2.05, 4.69) is 0 Å². The summed E-state index contributed by atoms with van der Waals surface area (Å²) in [5, 5.41) is 18.6. The number of phenolic OH excluding ortho intramolecular Hbond substituents is 1. The van der Waals surface area contributed by atoms with E-state index >= 15 is 0 Å². The zero-order valence-electron chi connectivity index (χ0n) is 11.1. The van der Waals surface area contributed by atoms with E-state index in [4.69, 9.17) is 0 Å². The molecule has 0 spiro atoms. The van der Waals surface area contributed by atoms with E-state index in [1.54, 1.807) is 12.1 Å². The molecule has 1 aliphatic heterocycles. The van der Waals surface area contributed by atoms with E-state index in [-0.39, 0.29) is 12.3 Å². The Morgan fingerprint density at radius 1 is 1.30 bits per heavy atom. The highest BCUT2D eigenvalue weighted by molar-refractivity contribution is 5.80. The summed E-state index contributed by atoms with van der Waals surface area (Å²) in [5.74, 6) is -1.97. The van der Waals surface area contributed by atoms with Crippen molar-refractivity contribution in [2.24, 2.45) is 0 Å². The molecule has 3 rings (SSSR count). The number of phenols is 1. The van der Waals surface area contributed by atoms with Gasteiger partial charge >= 0.3 is 5.97 Å². The van der Waals surface area contributed by atoms with Gasteiger partial charge in [-0.1, -0.05) is 18.6 Å². The van der Waals surface area contributed by atoms with Crippen LogP contribution in [0.3, 0.4) is 0 Å². The normalized spacial score (nSPS) is 31.1. The van der Waals surface area contributed by atoms with Crippen molar-refractivity contribution in [2.45, 2.75) is 36.9 Å². The van der Waals surface area contributed by atoms with Crippen LogP contribution < -0.4 is 0 Å². The summed E-state index contributed by atoms with van der Waals surface area (Å²) in [7, 11) is 0. The Balaban J connectivity index is 1.89. The fourth-order valence-electron chi connectivity index (χ4n) is 3.17. The first-order valence-corrected chi connectivity index (χ1v) is 6.96. The lowest BCUT2D eigenvalue weighted by molar-refractivity contribution is -0.151. The van der Waals surface area contributed by atoms with Gasteiger partial charge in [0, 0.05) is 25.0 Å². The average molecular weight is 279 g/mol. The number of nitrogens with zero attached hydrogens (tertiary/aromatic N) is 1. The van der Waals surface area contributed by atoms with E-state index in [1.165, 1.54) is 12.1 Å². The van der Waals surface area contributed by atoms with Crippen molar-refractivity contribution in [2.75, 3.05) is 13.1 Å². The maximum Gasteiger partial charge on any atom is 0.343 e. The minimum atomic E-state index is -2.24. The third-order valence-corrected chi connectivity index (χ3v) is 4.64. The Morgan fingerprint density at radius 3 is 2.45 bits per heavy atom. The number of benzene rings is 1. The molecule has 0 amide bonds. The molecular formula is C15H18FNO3. The molecule has 2 aliphatic rings. The lowest BCUT2D eigenvalue weighted by Gasteiger charge is -2.34. The Labute approximate surface area is 116 Å². The van der Waals surface area contributed by atoms with Crippen LogP contribution in [0.1, 0.15) is 30.7 Å². The van der Waals surface area contributed by atoms with Crippen molar-refractivity contribution in [3.63, 3.8) is 0 Å². The van der Waals surface area contributed by atoms with Crippen molar-refractivity contribution >= 4 is 5.97 Å². The standard InChI is InChI=1S/C15H18FNO3/c16-15(14(19)20)9-17(11-2-1-3-11)8-13(15)10-4-6-12(18)7-5-10/h4-7,11,13,18H,1-3,8-9H2,(H,19,20)/t13-,15-/m0/s1. The van der Waals surface area contributed by atoms with Crippen LogP contribution in [0.2, 0.25) is 0 Å². The minimum absolute atomic E-state index is 0.0431. The molecule has 1 saturated heterocycles. The summed E-state index contributed by atoms with van der Waals surface area (Å²) in [6.45, 7) is 0.386. The van der Waals surface area contributed by atoms with Gasteiger partial charge < -0.3 is 10.2 Å². The van der Waals surface area contributed by atoms with E-state index in [1.807, 2.05) is 4.90 Å². The van der Waals surface area contributed by atoms with Gasteiger partial charge in [-0.2, -0.15) is 0 Å². The van der Waals surface area contributed by atoms with Crippen molar-refractivity contribution in [3.8, 4) is 5.75 Å².